The summed E-state index contributed by atoms with van der Waals surface area (Å²) in [7, 11) is 0. The van der Waals surface area contributed by atoms with E-state index in [2.05, 4.69) is 0 Å². The zero-order valence-electron chi connectivity index (χ0n) is 6.76. The maximum atomic E-state index is 12.0. The highest BCUT2D eigenvalue weighted by Gasteiger charge is 2.36. The molecule has 1 fully saturated rings. The second-order valence-corrected chi connectivity index (χ2v) is 2.93. The summed E-state index contributed by atoms with van der Waals surface area (Å²) in [6.45, 7) is 0.779. The number of halogens is 3. The van der Waals surface area contributed by atoms with E-state index >= 15 is 0 Å². The Morgan fingerprint density at radius 2 is 2.17 bits per heavy atom. The summed E-state index contributed by atoms with van der Waals surface area (Å²) < 4.78 is 29.2. The maximum absolute atomic E-state index is 12.0. The van der Waals surface area contributed by atoms with Gasteiger partial charge in [0.05, 0.1) is 5.60 Å². The Bertz CT molecular complexity index is 129. The van der Waals surface area contributed by atoms with Crippen molar-refractivity contribution in [2.24, 2.45) is 5.73 Å². The second-order valence-electron chi connectivity index (χ2n) is 2.93. The fourth-order valence-corrected chi connectivity index (χ4v) is 1.44. The predicted octanol–water partition coefficient (Wildman–Crippen LogP) is 1.57. The van der Waals surface area contributed by atoms with Crippen molar-refractivity contribution in [1.82, 2.24) is 0 Å². The van der Waals surface area contributed by atoms with Crippen LogP contribution in [0.4, 0.5) is 8.78 Å². The van der Waals surface area contributed by atoms with Gasteiger partial charge >= 0.3 is 0 Å². The van der Waals surface area contributed by atoms with Crippen molar-refractivity contribution in [3.8, 4) is 0 Å². The van der Waals surface area contributed by atoms with Crippen molar-refractivity contribution in [2.45, 2.75) is 31.3 Å². The van der Waals surface area contributed by atoms with E-state index in [1.54, 1.807) is 0 Å². The van der Waals surface area contributed by atoms with E-state index in [1.807, 2.05) is 0 Å². The molecule has 1 aliphatic heterocycles. The Balaban J connectivity index is 0.00000121. The lowest BCUT2D eigenvalue weighted by Crippen LogP contribution is -2.38. The number of hydrogen-bond acceptors (Lipinski definition) is 2. The van der Waals surface area contributed by atoms with Gasteiger partial charge in [0.2, 0.25) is 6.43 Å². The van der Waals surface area contributed by atoms with Gasteiger partial charge in [0.15, 0.2) is 0 Å². The summed E-state index contributed by atoms with van der Waals surface area (Å²) in [6, 6.07) is 0. The second kappa shape index (κ2) is 4.94. The number of ether oxygens (including phenoxy) is 1. The molecule has 0 bridgehead atoms. The minimum atomic E-state index is -2.31. The zero-order valence-corrected chi connectivity index (χ0v) is 7.58. The molecule has 5 heteroatoms. The smallest absolute Gasteiger partial charge is 0.241 e. The Kier molecular flexibility index (Phi) is 4.97. The van der Waals surface area contributed by atoms with Crippen molar-refractivity contribution in [3.63, 3.8) is 0 Å². The van der Waals surface area contributed by atoms with Crippen LogP contribution in [0.3, 0.4) is 0 Å². The van der Waals surface area contributed by atoms with Gasteiger partial charge in [-0.3, -0.25) is 0 Å². The Morgan fingerprint density at radius 3 is 2.50 bits per heavy atom. The van der Waals surface area contributed by atoms with Crippen molar-refractivity contribution in [2.75, 3.05) is 13.2 Å². The van der Waals surface area contributed by atoms with Crippen LogP contribution in [0.1, 0.15) is 19.3 Å². The summed E-state index contributed by atoms with van der Waals surface area (Å²) in [4.78, 5) is 0. The average Bonchev–Trinajstić information content (AvgIpc) is 2.36. The first-order chi connectivity index (χ1) is 5.18. The minimum Gasteiger partial charge on any atom is -0.373 e. The molecule has 1 aliphatic rings. The minimum absolute atomic E-state index is 0. The third kappa shape index (κ3) is 2.84. The van der Waals surface area contributed by atoms with Crippen molar-refractivity contribution >= 4 is 12.4 Å². The summed E-state index contributed by atoms with van der Waals surface area (Å²) in [5.41, 5.74) is 4.64. The van der Waals surface area contributed by atoms with Gasteiger partial charge in [-0.15, -0.1) is 12.4 Å². The van der Waals surface area contributed by atoms with Crippen LogP contribution < -0.4 is 5.73 Å². The van der Waals surface area contributed by atoms with Crippen LogP contribution >= 0.6 is 12.4 Å². The first-order valence-corrected chi connectivity index (χ1v) is 3.81. The van der Waals surface area contributed by atoms with Gasteiger partial charge in [0, 0.05) is 19.6 Å². The number of alkyl halides is 2. The molecule has 0 radical (unpaired) electrons. The van der Waals surface area contributed by atoms with Crippen LogP contribution in [-0.2, 0) is 4.74 Å². The third-order valence-electron chi connectivity index (χ3n) is 2.08. The Morgan fingerprint density at radius 1 is 1.50 bits per heavy atom. The molecule has 1 saturated heterocycles. The lowest BCUT2D eigenvalue weighted by molar-refractivity contribution is -0.0364. The highest BCUT2D eigenvalue weighted by atomic mass is 35.5. The quantitative estimate of drug-likeness (QED) is 0.753. The number of nitrogens with two attached hydrogens (primary N) is 1. The van der Waals surface area contributed by atoms with Crippen LogP contribution in [0.15, 0.2) is 0 Å². The molecule has 1 rings (SSSR count). The zero-order chi connectivity index (χ0) is 8.32. The van der Waals surface area contributed by atoms with E-state index in [0.29, 0.717) is 13.0 Å². The molecule has 0 aromatic heterocycles. The SMILES string of the molecule is Cl.NCC1(CC(F)F)CCCO1. The first-order valence-electron chi connectivity index (χ1n) is 3.81. The van der Waals surface area contributed by atoms with Gasteiger partial charge in [0.25, 0.3) is 0 Å². The first kappa shape index (κ1) is 12.1. The van der Waals surface area contributed by atoms with E-state index in [-0.39, 0.29) is 25.4 Å². The van der Waals surface area contributed by atoms with E-state index in [9.17, 15) is 8.78 Å². The molecule has 0 spiro atoms. The Labute approximate surface area is 76.9 Å². The summed E-state index contributed by atoms with van der Waals surface area (Å²) in [6.07, 6.45) is -1.00. The van der Waals surface area contributed by atoms with Gasteiger partial charge in [-0.1, -0.05) is 0 Å². The maximum Gasteiger partial charge on any atom is 0.241 e. The number of rotatable bonds is 3. The molecule has 12 heavy (non-hydrogen) atoms. The molecule has 1 unspecified atom stereocenters. The monoisotopic (exact) mass is 201 g/mol. The lowest BCUT2D eigenvalue weighted by atomic mass is 9.96. The van der Waals surface area contributed by atoms with Crippen LogP contribution in [-0.4, -0.2) is 25.2 Å². The summed E-state index contributed by atoms with van der Waals surface area (Å²) >= 11 is 0. The van der Waals surface area contributed by atoms with E-state index in [1.165, 1.54) is 0 Å². The molecule has 0 aromatic carbocycles. The molecule has 2 nitrogen and oxygen atoms in total. The Hall–Kier alpha value is 0.0700. The van der Waals surface area contributed by atoms with Gasteiger partial charge in [-0.25, -0.2) is 8.78 Å². The topological polar surface area (TPSA) is 35.2 Å². The molecule has 74 valence electrons. The predicted molar refractivity (Wildman–Crippen MR) is 44.8 cm³/mol. The molecule has 1 atom stereocenters. The normalized spacial score (nSPS) is 29.0. The van der Waals surface area contributed by atoms with Crippen molar-refractivity contribution < 1.29 is 13.5 Å². The van der Waals surface area contributed by atoms with Gasteiger partial charge in [0.1, 0.15) is 0 Å². The van der Waals surface area contributed by atoms with E-state index in [4.69, 9.17) is 10.5 Å². The molecule has 0 saturated carbocycles. The van der Waals surface area contributed by atoms with Crippen LogP contribution in [0.25, 0.3) is 0 Å². The third-order valence-corrected chi connectivity index (χ3v) is 2.08. The number of hydrogen-bond donors (Lipinski definition) is 1. The van der Waals surface area contributed by atoms with E-state index < -0.39 is 12.0 Å². The summed E-state index contributed by atoms with van der Waals surface area (Å²) in [5, 5.41) is 0. The van der Waals surface area contributed by atoms with Crippen LogP contribution in [0.2, 0.25) is 0 Å². The molecule has 1 heterocycles. The standard InChI is InChI=1S/C7H13F2NO.ClH/c8-6(9)4-7(5-10)2-1-3-11-7;/h6H,1-5,10H2;1H. The molecule has 2 N–H and O–H groups in total. The van der Waals surface area contributed by atoms with Crippen molar-refractivity contribution in [1.29, 1.82) is 0 Å². The highest BCUT2D eigenvalue weighted by molar-refractivity contribution is 5.85. The van der Waals surface area contributed by atoms with Gasteiger partial charge in [-0.05, 0) is 12.8 Å². The van der Waals surface area contributed by atoms with Gasteiger partial charge in [-0.2, -0.15) is 0 Å². The molecular formula is C7H14ClF2NO. The van der Waals surface area contributed by atoms with Crippen molar-refractivity contribution in [3.05, 3.63) is 0 Å². The van der Waals surface area contributed by atoms with Crippen LogP contribution in [0, 0.1) is 0 Å². The van der Waals surface area contributed by atoms with E-state index in [0.717, 1.165) is 6.42 Å². The largest absolute Gasteiger partial charge is 0.373 e. The molecule has 0 aliphatic carbocycles. The average molecular weight is 202 g/mol. The molecule has 0 amide bonds. The summed E-state index contributed by atoms with van der Waals surface area (Å²) in [5.74, 6) is 0. The van der Waals surface area contributed by atoms with Crippen LogP contribution in [0.5, 0.6) is 0 Å². The molecule has 0 aromatic rings. The molecular weight excluding hydrogens is 188 g/mol. The lowest BCUT2D eigenvalue weighted by Gasteiger charge is -2.25. The highest BCUT2D eigenvalue weighted by Crippen LogP contribution is 2.30. The van der Waals surface area contributed by atoms with Gasteiger partial charge < -0.3 is 10.5 Å². The fourth-order valence-electron chi connectivity index (χ4n) is 1.44. The fraction of sp³-hybridized carbons (Fsp3) is 1.00.